The Morgan fingerprint density at radius 1 is 1.40 bits per heavy atom. The molecule has 0 aromatic heterocycles. The smallest absolute Gasteiger partial charge is 0.251 e. The number of carbonyl (C=O) groups excluding carboxylic acids is 1. The first-order valence-corrected chi connectivity index (χ1v) is 7.88. The molecule has 1 fully saturated rings. The van der Waals surface area contributed by atoms with Gasteiger partial charge in [0.2, 0.25) is 0 Å². The molecule has 1 unspecified atom stereocenters. The fourth-order valence-corrected chi connectivity index (χ4v) is 3.19. The molecule has 1 aromatic carbocycles. The van der Waals surface area contributed by atoms with E-state index in [1.165, 1.54) is 0 Å². The summed E-state index contributed by atoms with van der Waals surface area (Å²) < 4.78 is 27.6. The lowest BCUT2D eigenvalue weighted by Crippen LogP contribution is -2.34. The molecule has 0 aliphatic carbocycles. The molecule has 1 saturated heterocycles. The quantitative estimate of drug-likeness (QED) is 0.878. The highest BCUT2D eigenvalue weighted by atomic mass is 32.2. The number of hydrogen-bond donors (Lipinski definition) is 2. The van der Waals surface area contributed by atoms with Crippen molar-refractivity contribution in [2.24, 2.45) is 0 Å². The van der Waals surface area contributed by atoms with E-state index in [4.69, 9.17) is 0 Å². The molecule has 1 heterocycles. The molecule has 2 N–H and O–H groups in total. The van der Waals surface area contributed by atoms with Crippen LogP contribution < -0.4 is 10.6 Å². The molecular formula is C14H18F2N2OS. The number of thioether (sulfide) groups is 1. The first-order valence-electron chi connectivity index (χ1n) is 6.73. The predicted octanol–water partition coefficient (Wildman–Crippen LogP) is 3.02. The van der Waals surface area contributed by atoms with E-state index < -0.39 is 17.5 Å². The second kappa shape index (κ2) is 6.92. The van der Waals surface area contributed by atoms with Crippen molar-refractivity contribution in [2.45, 2.75) is 25.8 Å². The minimum atomic E-state index is -0.732. The fourth-order valence-electron chi connectivity index (χ4n) is 2.04. The lowest BCUT2D eigenvalue weighted by Gasteiger charge is -2.13. The lowest BCUT2D eigenvalue weighted by atomic mass is 10.1. The topological polar surface area (TPSA) is 41.1 Å². The lowest BCUT2D eigenvalue weighted by molar-refractivity contribution is 0.0940. The molecule has 0 spiro atoms. The summed E-state index contributed by atoms with van der Waals surface area (Å²) in [7, 11) is 0. The fraction of sp³-hybridized carbons (Fsp3) is 0.500. The summed E-state index contributed by atoms with van der Waals surface area (Å²) in [5.41, 5.74) is -0.140. The largest absolute Gasteiger partial charge is 0.380 e. The minimum Gasteiger partial charge on any atom is -0.380 e. The number of halogens is 2. The van der Waals surface area contributed by atoms with Gasteiger partial charge in [-0.25, -0.2) is 8.78 Å². The second-order valence-electron chi connectivity index (χ2n) is 4.78. The van der Waals surface area contributed by atoms with E-state index in [9.17, 15) is 13.6 Å². The number of hydrogen-bond acceptors (Lipinski definition) is 3. The standard InChI is InChI=1S/C14H18F2N2OS/c1-2-4-17-13-11(15)6-9(7-12(13)16)14(19)18-10-3-5-20-8-10/h6-7,10,17H,2-5,8H2,1H3,(H,18,19). The Bertz CT molecular complexity index is 467. The van der Waals surface area contributed by atoms with Gasteiger partial charge in [-0.3, -0.25) is 4.79 Å². The molecule has 20 heavy (non-hydrogen) atoms. The summed E-state index contributed by atoms with van der Waals surface area (Å²) >= 11 is 1.76. The van der Waals surface area contributed by atoms with Gasteiger partial charge >= 0.3 is 0 Å². The molecule has 6 heteroatoms. The normalized spacial score (nSPS) is 18.1. The average Bonchev–Trinajstić information content (AvgIpc) is 2.90. The van der Waals surface area contributed by atoms with Gasteiger partial charge in [0, 0.05) is 23.9 Å². The van der Waals surface area contributed by atoms with Gasteiger partial charge in [0.15, 0.2) is 0 Å². The zero-order chi connectivity index (χ0) is 14.5. The SMILES string of the molecule is CCCNc1c(F)cc(C(=O)NC2CCSC2)cc1F. The molecule has 1 aliphatic rings. The molecule has 110 valence electrons. The maximum atomic E-state index is 13.8. The van der Waals surface area contributed by atoms with Crippen LogP contribution in [0.1, 0.15) is 30.1 Å². The first-order chi connectivity index (χ1) is 9.61. The molecule has 0 saturated carbocycles. The predicted molar refractivity (Wildman–Crippen MR) is 78.3 cm³/mol. The monoisotopic (exact) mass is 300 g/mol. The van der Waals surface area contributed by atoms with Gasteiger partial charge in [-0.15, -0.1) is 0 Å². The van der Waals surface area contributed by atoms with Crippen LogP contribution in [-0.2, 0) is 0 Å². The molecule has 1 amide bonds. The molecule has 0 radical (unpaired) electrons. The van der Waals surface area contributed by atoms with Crippen molar-refractivity contribution in [1.82, 2.24) is 5.32 Å². The average molecular weight is 300 g/mol. The van der Waals surface area contributed by atoms with Gasteiger partial charge in [0.05, 0.1) is 0 Å². The maximum Gasteiger partial charge on any atom is 0.251 e. The summed E-state index contributed by atoms with van der Waals surface area (Å²) in [5, 5.41) is 5.48. The van der Waals surface area contributed by atoms with Gasteiger partial charge < -0.3 is 10.6 Å². The van der Waals surface area contributed by atoms with E-state index in [-0.39, 0.29) is 17.3 Å². The van der Waals surface area contributed by atoms with Gasteiger partial charge in [-0.1, -0.05) is 6.92 Å². The van der Waals surface area contributed by atoms with Crippen molar-refractivity contribution in [3.8, 4) is 0 Å². The van der Waals surface area contributed by atoms with Crippen molar-refractivity contribution in [3.05, 3.63) is 29.3 Å². The van der Waals surface area contributed by atoms with Crippen LogP contribution in [0.2, 0.25) is 0 Å². The number of carbonyl (C=O) groups is 1. The van der Waals surface area contributed by atoms with Crippen LogP contribution in [0.5, 0.6) is 0 Å². The minimum absolute atomic E-state index is 0.0268. The van der Waals surface area contributed by atoms with E-state index in [0.717, 1.165) is 36.5 Å². The van der Waals surface area contributed by atoms with E-state index in [2.05, 4.69) is 10.6 Å². The Morgan fingerprint density at radius 2 is 2.10 bits per heavy atom. The highest BCUT2D eigenvalue weighted by molar-refractivity contribution is 7.99. The van der Waals surface area contributed by atoms with Crippen LogP contribution in [-0.4, -0.2) is 30.0 Å². The third-order valence-electron chi connectivity index (χ3n) is 3.12. The number of nitrogens with one attached hydrogen (secondary N) is 2. The van der Waals surface area contributed by atoms with E-state index >= 15 is 0 Å². The number of anilines is 1. The Hall–Kier alpha value is -1.30. The van der Waals surface area contributed by atoms with Gasteiger partial charge in [0.1, 0.15) is 17.3 Å². The van der Waals surface area contributed by atoms with Crippen LogP contribution >= 0.6 is 11.8 Å². The summed E-state index contributed by atoms with van der Waals surface area (Å²) in [5.74, 6) is -0.0217. The number of benzene rings is 1. The van der Waals surface area contributed by atoms with Gasteiger partial charge in [0.25, 0.3) is 5.91 Å². The molecule has 0 bridgehead atoms. The molecule has 1 aromatic rings. The molecular weight excluding hydrogens is 282 g/mol. The zero-order valence-electron chi connectivity index (χ0n) is 11.3. The van der Waals surface area contributed by atoms with Crippen LogP contribution in [0.3, 0.4) is 0 Å². The van der Waals surface area contributed by atoms with Crippen molar-refractivity contribution in [2.75, 3.05) is 23.4 Å². The maximum absolute atomic E-state index is 13.8. The van der Waals surface area contributed by atoms with Crippen LogP contribution in [0.15, 0.2) is 12.1 Å². The molecule has 3 nitrogen and oxygen atoms in total. The van der Waals surface area contributed by atoms with Crippen molar-refractivity contribution in [3.63, 3.8) is 0 Å². The van der Waals surface area contributed by atoms with Crippen LogP contribution in [0.25, 0.3) is 0 Å². The van der Waals surface area contributed by atoms with Crippen LogP contribution in [0.4, 0.5) is 14.5 Å². The van der Waals surface area contributed by atoms with Gasteiger partial charge in [-0.2, -0.15) is 11.8 Å². The van der Waals surface area contributed by atoms with E-state index in [1.54, 1.807) is 11.8 Å². The van der Waals surface area contributed by atoms with E-state index in [0.29, 0.717) is 6.54 Å². The summed E-state index contributed by atoms with van der Waals surface area (Å²) in [4.78, 5) is 12.0. The highest BCUT2D eigenvalue weighted by Crippen LogP contribution is 2.22. The third kappa shape index (κ3) is 3.62. The van der Waals surface area contributed by atoms with Crippen molar-refractivity contribution < 1.29 is 13.6 Å². The second-order valence-corrected chi connectivity index (χ2v) is 5.93. The Balaban J connectivity index is 2.10. The number of amides is 1. The summed E-state index contributed by atoms with van der Waals surface area (Å²) in [6.45, 7) is 2.39. The third-order valence-corrected chi connectivity index (χ3v) is 4.28. The van der Waals surface area contributed by atoms with Crippen molar-refractivity contribution in [1.29, 1.82) is 0 Å². The molecule has 1 atom stereocenters. The summed E-state index contributed by atoms with van der Waals surface area (Å²) in [6, 6.07) is 2.26. The number of rotatable bonds is 5. The highest BCUT2D eigenvalue weighted by Gasteiger charge is 2.20. The Morgan fingerprint density at radius 3 is 2.65 bits per heavy atom. The zero-order valence-corrected chi connectivity index (χ0v) is 12.2. The molecule has 1 aliphatic heterocycles. The summed E-state index contributed by atoms with van der Waals surface area (Å²) in [6.07, 6.45) is 1.66. The van der Waals surface area contributed by atoms with Crippen molar-refractivity contribution >= 4 is 23.4 Å². The Kier molecular flexibility index (Phi) is 5.23. The molecule has 2 rings (SSSR count). The van der Waals surface area contributed by atoms with E-state index in [1.807, 2.05) is 6.92 Å². The van der Waals surface area contributed by atoms with Crippen LogP contribution in [0, 0.1) is 11.6 Å². The Labute approximate surface area is 121 Å². The van der Waals surface area contributed by atoms with Gasteiger partial charge in [-0.05, 0) is 30.7 Å². The first kappa shape index (κ1) is 15.1.